The summed E-state index contributed by atoms with van der Waals surface area (Å²) in [5.74, 6) is 0.104. The largest absolute Gasteiger partial charge is 0.384 e. The van der Waals surface area contributed by atoms with Gasteiger partial charge in [-0.15, -0.1) is 0 Å². The third kappa shape index (κ3) is 2.72. The van der Waals surface area contributed by atoms with E-state index >= 15 is 0 Å². The second kappa shape index (κ2) is 4.83. The molecule has 2 aromatic carbocycles. The van der Waals surface area contributed by atoms with Crippen molar-refractivity contribution in [2.24, 2.45) is 5.73 Å². The minimum Gasteiger partial charge on any atom is -0.384 e. The van der Waals surface area contributed by atoms with Crippen LogP contribution in [-0.4, -0.2) is 5.84 Å². The number of amidine groups is 1. The van der Waals surface area contributed by atoms with E-state index in [-0.39, 0.29) is 5.84 Å². The lowest BCUT2D eigenvalue weighted by Gasteiger charge is -2.06. The molecule has 1 radical (unpaired) electrons. The Morgan fingerprint density at radius 3 is 2.29 bits per heavy atom. The van der Waals surface area contributed by atoms with E-state index in [4.69, 9.17) is 11.1 Å². The minimum absolute atomic E-state index is 0.104. The van der Waals surface area contributed by atoms with E-state index in [0.29, 0.717) is 0 Å². The van der Waals surface area contributed by atoms with E-state index in [1.54, 1.807) is 0 Å². The summed E-state index contributed by atoms with van der Waals surface area (Å²) in [4.78, 5) is 0. The predicted octanol–water partition coefficient (Wildman–Crippen LogP) is 2.88. The van der Waals surface area contributed by atoms with Crippen LogP contribution in [0.2, 0.25) is 0 Å². The SMILES string of the molecule is Cc1ccccc1[CH]c1ccc(C(=N)N)cc1. The highest BCUT2D eigenvalue weighted by atomic mass is 14.7. The van der Waals surface area contributed by atoms with Gasteiger partial charge in [-0.25, -0.2) is 0 Å². The number of hydrogen-bond donors (Lipinski definition) is 2. The number of hydrogen-bond acceptors (Lipinski definition) is 1. The van der Waals surface area contributed by atoms with Gasteiger partial charge in [0.05, 0.1) is 0 Å². The number of nitrogens with one attached hydrogen (secondary N) is 1. The molecule has 0 aliphatic heterocycles. The monoisotopic (exact) mass is 223 g/mol. The van der Waals surface area contributed by atoms with Gasteiger partial charge >= 0.3 is 0 Å². The highest BCUT2D eigenvalue weighted by Gasteiger charge is 2.01. The lowest BCUT2D eigenvalue weighted by Crippen LogP contribution is -2.10. The molecule has 3 N–H and O–H groups in total. The fourth-order valence-corrected chi connectivity index (χ4v) is 1.69. The van der Waals surface area contributed by atoms with Gasteiger partial charge in [0.2, 0.25) is 0 Å². The van der Waals surface area contributed by atoms with Gasteiger partial charge in [-0.3, -0.25) is 5.41 Å². The zero-order valence-electron chi connectivity index (χ0n) is 9.77. The molecule has 17 heavy (non-hydrogen) atoms. The van der Waals surface area contributed by atoms with E-state index in [0.717, 1.165) is 11.1 Å². The van der Waals surface area contributed by atoms with Crippen molar-refractivity contribution >= 4 is 5.84 Å². The summed E-state index contributed by atoms with van der Waals surface area (Å²) >= 11 is 0. The van der Waals surface area contributed by atoms with Crippen LogP contribution >= 0.6 is 0 Å². The summed E-state index contributed by atoms with van der Waals surface area (Å²) in [6, 6.07) is 15.9. The van der Waals surface area contributed by atoms with E-state index < -0.39 is 0 Å². The standard InChI is InChI=1S/C15H15N2/c1-11-4-2-3-5-14(11)10-12-6-8-13(9-7-12)15(16)17/h2-10H,1H3,(H3,16,17). The summed E-state index contributed by atoms with van der Waals surface area (Å²) < 4.78 is 0. The number of rotatable bonds is 3. The van der Waals surface area contributed by atoms with Crippen LogP contribution in [0, 0.1) is 18.8 Å². The molecular weight excluding hydrogens is 208 g/mol. The molecule has 0 saturated heterocycles. The van der Waals surface area contributed by atoms with E-state index in [1.165, 1.54) is 11.1 Å². The first-order valence-corrected chi connectivity index (χ1v) is 5.51. The first-order valence-electron chi connectivity index (χ1n) is 5.51. The molecule has 0 fully saturated rings. The molecule has 0 aliphatic rings. The van der Waals surface area contributed by atoms with E-state index in [2.05, 4.69) is 25.5 Å². The van der Waals surface area contributed by atoms with Crippen molar-refractivity contribution in [1.82, 2.24) is 0 Å². The van der Waals surface area contributed by atoms with Gasteiger partial charge in [0, 0.05) is 12.0 Å². The van der Waals surface area contributed by atoms with Crippen molar-refractivity contribution < 1.29 is 0 Å². The van der Waals surface area contributed by atoms with Crippen LogP contribution in [0.15, 0.2) is 48.5 Å². The zero-order chi connectivity index (χ0) is 12.3. The third-order valence-corrected chi connectivity index (χ3v) is 2.73. The van der Waals surface area contributed by atoms with E-state index in [9.17, 15) is 0 Å². The Balaban J connectivity index is 2.20. The van der Waals surface area contributed by atoms with Crippen LogP contribution in [0.3, 0.4) is 0 Å². The molecule has 2 heteroatoms. The van der Waals surface area contributed by atoms with Gasteiger partial charge in [0.25, 0.3) is 0 Å². The summed E-state index contributed by atoms with van der Waals surface area (Å²) in [6.07, 6.45) is 2.12. The quantitative estimate of drug-likeness (QED) is 0.610. The van der Waals surface area contributed by atoms with Crippen LogP contribution in [0.5, 0.6) is 0 Å². The summed E-state index contributed by atoms with van der Waals surface area (Å²) in [7, 11) is 0. The van der Waals surface area contributed by atoms with Gasteiger partial charge in [-0.1, -0.05) is 48.5 Å². The molecule has 0 amide bonds. The van der Waals surface area contributed by atoms with Crippen molar-refractivity contribution in [2.45, 2.75) is 6.92 Å². The molecule has 0 saturated carbocycles. The molecule has 0 aromatic heterocycles. The Kier molecular flexibility index (Phi) is 3.24. The Morgan fingerprint density at radius 2 is 1.71 bits per heavy atom. The highest BCUT2D eigenvalue weighted by Crippen LogP contribution is 2.16. The first-order chi connectivity index (χ1) is 8.16. The van der Waals surface area contributed by atoms with Crippen LogP contribution < -0.4 is 5.73 Å². The Bertz CT molecular complexity index is 527. The lowest BCUT2D eigenvalue weighted by atomic mass is 10.00. The predicted molar refractivity (Wildman–Crippen MR) is 71.1 cm³/mol. The van der Waals surface area contributed by atoms with Crippen LogP contribution in [0.25, 0.3) is 0 Å². The summed E-state index contributed by atoms with van der Waals surface area (Å²) in [5, 5.41) is 7.33. The van der Waals surface area contributed by atoms with Crippen molar-refractivity contribution in [1.29, 1.82) is 5.41 Å². The molecule has 2 rings (SSSR count). The normalized spacial score (nSPS) is 10.2. The Morgan fingerprint density at radius 1 is 1.06 bits per heavy atom. The maximum Gasteiger partial charge on any atom is 0.122 e. The molecule has 0 atom stereocenters. The molecule has 85 valence electrons. The second-order valence-electron chi connectivity index (χ2n) is 4.04. The molecular formula is C15H15N2. The van der Waals surface area contributed by atoms with Crippen LogP contribution in [0.1, 0.15) is 22.3 Å². The third-order valence-electron chi connectivity index (χ3n) is 2.73. The van der Waals surface area contributed by atoms with E-state index in [1.807, 2.05) is 36.4 Å². The smallest absolute Gasteiger partial charge is 0.122 e. The van der Waals surface area contributed by atoms with Crippen LogP contribution in [-0.2, 0) is 0 Å². The minimum atomic E-state index is 0.104. The summed E-state index contributed by atoms with van der Waals surface area (Å²) in [5.41, 5.74) is 9.75. The maximum absolute atomic E-state index is 7.33. The fourth-order valence-electron chi connectivity index (χ4n) is 1.69. The second-order valence-corrected chi connectivity index (χ2v) is 4.04. The van der Waals surface area contributed by atoms with Gasteiger partial charge < -0.3 is 5.73 Å². The Hall–Kier alpha value is -2.09. The average Bonchev–Trinajstić information content (AvgIpc) is 2.33. The average molecular weight is 223 g/mol. The summed E-state index contributed by atoms with van der Waals surface area (Å²) in [6.45, 7) is 2.09. The Labute approximate surface area is 102 Å². The zero-order valence-corrected chi connectivity index (χ0v) is 9.77. The molecule has 2 nitrogen and oxygen atoms in total. The van der Waals surface area contributed by atoms with Gasteiger partial charge in [-0.2, -0.15) is 0 Å². The highest BCUT2D eigenvalue weighted by molar-refractivity contribution is 5.94. The van der Waals surface area contributed by atoms with Crippen molar-refractivity contribution in [2.75, 3.05) is 0 Å². The van der Waals surface area contributed by atoms with Crippen molar-refractivity contribution in [3.05, 3.63) is 77.2 Å². The van der Waals surface area contributed by atoms with Crippen LogP contribution in [0.4, 0.5) is 0 Å². The van der Waals surface area contributed by atoms with Crippen molar-refractivity contribution in [3.63, 3.8) is 0 Å². The molecule has 2 aromatic rings. The maximum atomic E-state index is 7.33. The number of nitrogens with two attached hydrogens (primary N) is 1. The topological polar surface area (TPSA) is 49.9 Å². The fraction of sp³-hybridized carbons (Fsp3) is 0.0667. The van der Waals surface area contributed by atoms with Gasteiger partial charge in [-0.05, 0) is 23.6 Å². The molecule has 0 unspecified atom stereocenters. The molecule has 0 heterocycles. The number of benzene rings is 2. The number of nitrogen functional groups attached to an aromatic ring is 1. The van der Waals surface area contributed by atoms with Gasteiger partial charge in [0.15, 0.2) is 0 Å². The molecule has 0 spiro atoms. The molecule has 0 bridgehead atoms. The van der Waals surface area contributed by atoms with Gasteiger partial charge in [0.1, 0.15) is 5.84 Å². The molecule has 0 aliphatic carbocycles. The van der Waals surface area contributed by atoms with Crippen molar-refractivity contribution in [3.8, 4) is 0 Å². The first kappa shape index (κ1) is 11.4. The number of aryl methyl sites for hydroxylation is 1. The lowest BCUT2D eigenvalue weighted by molar-refractivity contribution is 1.34.